The SMILES string of the molecule is CC1(C)CN(Cc2ccccc2)CC2CNCCN21. The van der Waals surface area contributed by atoms with Crippen molar-refractivity contribution in [2.24, 2.45) is 0 Å². The van der Waals surface area contributed by atoms with Crippen molar-refractivity contribution in [3.05, 3.63) is 35.9 Å². The zero-order valence-corrected chi connectivity index (χ0v) is 12.1. The molecule has 0 amide bonds. The molecule has 0 spiro atoms. The van der Waals surface area contributed by atoms with Gasteiger partial charge in [-0.1, -0.05) is 30.3 Å². The van der Waals surface area contributed by atoms with E-state index in [-0.39, 0.29) is 0 Å². The summed E-state index contributed by atoms with van der Waals surface area (Å²) >= 11 is 0. The van der Waals surface area contributed by atoms with Gasteiger partial charge in [0.05, 0.1) is 0 Å². The van der Waals surface area contributed by atoms with Gasteiger partial charge in [-0.05, 0) is 19.4 Å². The summed E-state index contributed by atoms with van der Waals surface area (Å²) in [6, 6.07) is 11.5. The average Bonchev–Trinajstić information content (AvgIpc) is 2.39. The molecule has 1 aromatic rings. The Morgan fingerprint density at radius 1 is 1.26 bits per heavy atom. The second-order valence-corrected chi connectivity index (χ2v) is 6.52. The summed E-state index contributed by atoms with van der Waals surface area (Å²) < 4.78 is 0. The van der Waals surface area contributed by atoms with E-state index in [0.717, 1.165) is 19.6 Å². The summed E-state index contributed by atoms with van der Waals surface area (Å²) in [6.45, 7) is 11.7. The van der Waals surface area contributed by atoms with Crippen LogP contribution in [0.15, 0.2) is 30.3 Å². The maximum atomic E-state index is 3.54. The molecule has 0 aromatic heterocycles. The Hall–Kier alpha value is -0.900. The lowest BCUT2D eigenvalue weighted by Crippen LogP contribution is -2.69. The highest BCUT2D eigenvalue weighted by Crippen LogP contribution is 2.27. The van der Waals surface area contributed by atoms with E-state index in [0.29, 0.717) is 11.6 Å². The van der Waals surface area contributed by atoms with E-state index in [2.05, 4.69) is 59.3 Å². The standard InChI is InChI=1S/C16H25N3/c1-16(2)13-18(11-14-6-4-3-5-7-14)12-15-10-17-8-9-19(15)16/h3-7,15,17H,8-13H2,1-2H3. The van der Waals surface area contributed by atoms with Crippen LogP contribution in [0.3, 0.4) is 0 Å². The first-order valence-electron chi connectivity index (χ1n) is 7.39. The van der Waals surface area contributed by atoms with Crippen molar-refractivity contribution in [2.45, 2.75) is 32.0 Å². The van der Waals surface area contributed by atoms with Crippen LogP contribution in [-0.2, 0) is 6.54 Å². The van der Waals surface area contributed by atoms with E-state index < -0.39 is 0 Å². The molecule has 3 nitrogen and oxygen atoms in total. The van der Waals surface area contributed by atoms with Gasteiger partial charge in [0.1, 0.15) is 0 Å². The first-order chi connectivity index (χ1) is 9.15. The number of piperazine rings is 2. The summed E-state index contributed by atoms with van der Waals surface area (Å²) in [5.74, 6) is 0. The van der Waals surface area contributed by atoms with Crippen LogP contribution in [0.4, 0.5) is 0 Å². The molecule has 104 valence electrons. The van der Waals surface area contributed by atoms with Crippen molar-refractivity contribution in [1.29, 1.82) is 0 Å². The smallest absolute Gasteiger partial charge is 0.0354 e. The van der Waals surface area contributed by atoms with Crippen molar-refractivity contribution in [3.8, 4) is 0 Å². The van der Waals surface area contributed by atoms with Gasteiger partial charge in [0.2, 0.25) is 0 Å². The van der Waals surface area contributed by atoms with Crippen LogP contribution in [0.1, 0.15) is 19.4 Å². The van der Waals surface area contributed by atoms with E-state index in [1.807, 2.05) is 0 Å². The summed E-state index contributed by atoms with van der Waals surface area (Å²) in [5, 5.41) is 3.54. The Morgan fingerprint density at radius 2 is 2.05 bits per heavy atom. The maximum Gasteiger partial charge on any atom is 0.0354 e. The van der Waals surface area contributed by atoms with Gasteiger partial charge in [-0.2, -0.15) is 0 Å². The number of fused-ring (bicyclic) bond motifs is 1. The van der Waals surface area contributed by atoms with Crippen LogP contribution in [0.5, 0.6) is 0 Å². The molecule has 0 radical (unpaired) electrons. The predicted molar refractivity (Wildman–Crippen MR) is 79.2 cm³/mol. The highest BCUT2D eigenvalue weighted by atomic mass is 15.4. The zero-order chi connectivity index (χ0) is 13.3. The normalized spacial score (nSPS) is 28.0. The van der Waals surface area contributed by atoms with Crippen LogP contribution in [-0.4, -0.2) is 54.1 Å². The Morgan fingerprint density at radius 3 is 2.84 bits per heavy atom. The van der Waals surface area contributed by atoms with Gasteiger partial charge >= 0.3 is 0 Å². The first kappa shape index (κ1) is 13.1. The summed E-state index contributed by atoms with van der Waals surface area (Å²) in [4.78, 5) is 5.31. The van der Waals surface area contributed by atoms with Crippen LogP contribution >= 0.6 is 0 Å². The number of nitrogens with zero attached hydrogens (tertiary/aromatic N) is 2. The molecule has 2 fully saturated rings. The number of hydrogen-bond acceptors (Lipinski definition) is 3. The monoisotopic (exact) mass is 259 g/mol. The van der Waals surface area contributed by atoms with Crippen molar-refractivity contribution in [3.63, 3.8) is 0 Å². The topological polar surface area (TPSA) is 18.5 Å². The van der Waals surface area contributed by atoms with Crippen LogP contribution < -0.4 is 5.32 Å². The maximum absolute atomic E-state index is 3.54. The molecule has 1 atom stereocenters. The van der Waals surface area contributed by atoms with E-state index in [9.17, 15) is 0 Å². The molecule has 3 heteroatoms. The molecule has 19 heavy (non-hydrogen) atoms. The van der Waals surface area contributed by atoms with Crippen molar-refractivity contribution >= 4 is 0 Å². The number of nitrogens with one attached hydrogen (secondary N) is 1. The third-order valence-electron chi connectivity index (χ3n) is 4.46. The minimum absolute atomic E-state index is 0.291. The third-order valence-corrected chi connectivity index (χ3v) is 4.46. The van der Waals surface area contributed by atoms with Crippen molar-refractivity contribution in [1.82, 2.24) is 15.1 Å². The van der Waals surface area contributed by atoms with Crippen molar-refractivity contribution in [2.75, 3.05) is 32.7 Å². The van der Waals surface area contributed by atoms with Crippen molar-refractivity contribution < 1.29 is 0 Å². The molecule has 3 rings (SSSR count). The molecule has 2 saturated heterocycles. The van der Waals surface area contributed by atoms with Gasteiger partial charge in [0.15, 0.2) is 0 Å². The lowest BCUT2D eigenvalue weighted by molar-refractivity contribution is -0.0393. The van der Waals surface area contributed by atoms with Crippen LogP contribution in [0.2, 0.25) is 0 Å². The fourth-order valence-electron chi connectivity index (χ4n) is 3.68. The summed E-state index contributed by atoms with van der Waals surface area (Å²) in [6.07, 6.45) is 0. The summed E-state index contributed by atoms with van der Waals surface area (Å²) in [5.41, 5.74) is 1.72. The summed E-state index contributed by atoms with van der Waals surface area (Å²) in [7, 11) is 0. The van der Waals surface area contributed by atoms with Gasteiger partial charge in [0, 0.05) is 50.8 Å². The lowest BCUT2D eigenvalue weighted by atomic mass is 9.93. The second-order valence-electron chi connectivity index (χ2n) is 6.52. The Kier molecular flexibility index (Phi) is 3.61. The highest BCUT2D eigenvalue weighted by Gasteiger charge is 2.40. The van der Waals surface area contributed by atoms with Gasteiger partial charge in [-0.15, -0.1) is 0 Å². The fraction of sp³-hybridized carbons (Fsp3) is 0.625. The highest BCUT2D eigenvalue weighted by molar-refractivity contribution is 5.15. The molecule has 0 saturated carbocycles. The molecule has 2 aliphatic rings. The number of hydrogen-bond donors (Lipinski definition) is 1. The van der Waals surface area contributed by atoms with E-state index in [1.54, 1.807) is 0 Å². The Labute approximate surface area is 116 Å². The molecular weight excluding hydrogens is 234 g/mol. The van der Waals surface area contributed by atoms with E-state index in [1.165, 1.54) is 25.2 Å². The van der Waals surface area contributed by atoms with Crippen LogP contribution in [0, 0.1) is 0 Å². The molecule has 2 aliphatic heterocycles. The van der Waals surface area contributed by atoms with Gasteiger partial charge in [0.25, 0.3) is 0 Å². The third kappa shape index (κ3) is 2.83. The molecule has 2 heterocycles. The van der Waals surface area contributed by atoms with Gasteiger partial charge in [-0.3, -0.25) is 9.80 Å². The van der Waals surface area contributed by atoms with Crippen LogP contribution in [0.25, 0.3) is 0 Å². The average molecular weight is 259 g/mol. The lowest BCUT2D eigenvalue weighted by Gasteiger charge is -2.54. The largest absolute Gasteiger partial charge is 0.314 e. The Bertz CT molecular complexity index is 415. The molecule has 0 aliphatic carbocycles. The van der Waals surface area contributed by atoms with Gasteiger partial charge < -0.3 is 5.32 Å². The quantitative estimate of drug-likeness (QED) is 0.869. The minimum atomic E-state index is 0.291. The molecule has 1 aromatic carbocycles. The molecule has 1 N–H and O–H groups in total. The fourth-order valence-corrected chi connectivity index (χ4v) is 3.68. The Balaban J connectivity index is 1.71. The predicted octanol–water partition coefficient (Wildman–Crippen LogP) is 1.55. The number of benzene rings is 1. The first-order valence-corrected chi connectivity index (χ1v) is 7.39. The van der Waals surface area contributed by atoms with E-state index in [4.69, 9.17) is 0 Å². The molecule has 0 bridgehead atoms. The van der Waals surface area contributed by atoms with E-state index >= 15 is 0 Å². The molecule has 1 unspecified atom stereocenters. The second kappa shape index (κ2) is 5.23. The molecular formula is C16H25N3. The zero-order valence-electron chi connectivity index (χ0n) is 12.1. The number of rotatable bonds is 2. The van der Waals surface area contributed by atoms with Gasteiger partial charge in [-0.25, -0.2) is 0 Å². The minimum Gasteiger partial charge on any atom is -0.314 e.